The zero-order valence-corrected chi connectivity index (χ0v) is 19.6. The molecule has 174 valence electrons. The van der Waals surface area contributed by atoms with Crippen molar-refractivity contribution in [2.24, 2.45) is 17.8 Å². The smallest absolute Gasteiger partial charge is 0.407 e. The topological polar surface area (TPSA) is 89.6 Å². The lowest BCUT2D eigenvalue weighted by atomic mass is 9.68. The molecule has 0 aromatic rings. The summed E-state index contributed by atoms with van der Waals surface area (Å²) in [7, 11) is 3.26. The Kier molecular flexibility index (Phi) is 9.15. The second kappa shape index (κ2) is 10.9. The van der Waals surface area contributed by atoms with Crippen LogP contribution in [0.25, 0.3) is 0 Å². The first kappa shape index (κ1) is 25.1. The van der Waals surface area contributed by atoms with Gasteiger partial charge < -0.3 is 29.4 Å². The third kappa shape index (κ3) is 6.19. The summed E-state index contributed by atoms with van der Waals surface area (Å²) < 4.78 is 22.8. The lowest BCUT2D eigenvalue weighted by Gasteiger charge is -2.44. The number of alkyl carbamates (subject to hydrolysis) is 1. The lowest BCUT2D eigenvalue weighted by Crippen LogP contribution is -2.55. The number of amides is 1. The molecular formula is C23H41NO6. The quantitative estimate of drug-likeness (QED) is 0.411. The van der Waals surface area contributed by atoms with Crippen LogP contribution >= 0.6 is 0 Å². The first-order valence-corrected chi connectivity index (χ1v) is 11.1. The molecule has 2 aliphatic rings. The van der Waals surface area contributed by atoms with Crippen molar-refractivity contribution in [1.29, 1.82) is 0 Å². The fourth-order valence-corrected chi connectivity index (χ4v) is 4.59. The Balaban J connectivity index is 2.09. The normalized spacial score (nSPS) is 31.2. The Morgan fingerprint density at radius 2 is 1.97 bits per heavy atom. The summed E-state index contributed by atoms with van der Waals surface area (Å²) in [6.07, 6.45) is 2.43. The first-order chi connectivity index (χ1) is 14.1. The van der Waals surface area contributed by atoms with E-state index in [0.717, 1.165) is 6.42 Å². The Bertz CT molecular complexity index is 584. The molecule has 7 atom stereocenters. The van der Waals surface area contributed by atoms with E-state index in [4.69, 9.17) is 18.9 Å². The van der Waals surface area contributed by atoms with E-state index in [1.54, 1.807) is 14.2 Å². The fourth-order valence-electron chi connectivity index (χ4n) is 4.59. The fraction of sp³-hybridized carbons (Fsp3) is 0.870. The Labute approximate surface area is 181 Å². The van der Waals surface area contributed by atoms with Gasteiger partial charge in [-0.3, -0.25) is 0 Å². The maximum atomic E-state index is 12.6. The number of methoxy groups -OCH3 is 2. The third-order valence-corrected chi connectivity index (χ3v) is 6.62. The molecule has 7 nitrogen and oxygen atoms in total. The molecule has 2 rings (SSSR count). The van der Waals surface area contributed by atoms with Gasteiger partial charge in [-0.15, -0.1) is 0 Å². The van der Waals surface area contributed by atoms with Gasteiger partial charge in [0.25, 0.3) is 0 Å². The molecule has 2 N–H and O–H groups in total. The van der Waals surface area contributed by atoms with E-state index in [0.29, 0.717) is 26.1 Å². The van der Waals surface area contributed by atoms with Gasteiger partial charge in [-0.05, 0) is 44.9 Å². The number of carbonyl (C=O) groups excluding carboxylic acids is 1. The SMILES string of the molecule is COC[C@H](NC(=O)OC1CC[C@]2(CO2)C(C(C)[C@H](O)CC=C(C)C)C1OC)C(C)C. The maximum absolute atomic E-state index is 12.6. The standard InChI is InChI=1S/C23H41NO6/c1-14(2)8-9-18(25)16(5)20-21(28-7)19(10-11-23(20)13-29-23)30-22(26)24-17(12-27-6)15(3)4/h8,15-21,25H,9-13H2,1-7H3,(H,24,26)/t16?,17-,18+,19?,20?,21?,23-/m0/s1. The van der Waals surface area contributed by atoms with E-state index in [1.807, 2.05) is 34.6 Å². The number of ether oxygens (including phenoxy) is 4. The van der Waals surface area contributed by atoms with E-state index in [2.05, 4.69) is 11.4 Å². The van der Waals surface area contributed by atoms with Crippen LogP contribution in [0.2, 0.25) is 0 Å². The second-order valence-corrected chi connectivity index (χ2v) is 9.46. The van der Waals surface area contributed by atoms with Gasteiger partial charge in [0.1, 0.15) is 12.2 Å². The number of aliphatic hydroxyl groups excluding tert-OH is 1. The van der Waals surface area contributed by atoms with Gasteiger partial charge in [0.15, 0.2) is 0 Å². The van der Waals surface area contributed by atoms with Crippen molar-refractivity contribution >= 4 is 6.09 Å². The van der Waals surface area contributed by atoms with Crippen LogP contribution in [0.15, 0.2) is 11.6 Å². The summed E-state index contributed by atoms with van der Waals surface area (Å²) in [6, 6.07) is -0.120. The molecule has 1 aliphatic heterocycles. The molecule has 0 aromatic carbocycles. The van der Waals surface area contributed by atoms with E-state index in [9.17, 15) is 9.90 Å². The van der Waals surface area contributed by atoms with Crippen LogP contribution in [-0.2, 0) is 18.9 Å². The van der Waals surface area contributed by atoms with Gasteiger partial charge in [0.05, 0.1) is 31.0 Å². The molecule has 4 unspecified atom stereocenters. The highest BCUT2D eigenvalue weighted by molar-refractivity contribution is 5.68. The summed E-state index contributed by atoms with van der Waals surface area (Å²) in [4.78, 5) is 12.6. The van der Waals surface area contributed by atoms with Gasteiger partial charge in [-0.1, -0.05) is 32.4 Å². The van der Waals surface area contributed by atoms with Crippen LogP contribution < -0.4 is 5.32 Å². The molecule has 1 spiro atoms. The minimum absolute atomic E-state index is 0.0468. The van der Waals surface area contributed by atoms with E-state index < -0.39 is 12.2 Å². The molecule has 30 heavy (non-hydrogen) atoms. The largest absolute Gasteiger partial charge is 0.443 e. The average Bonchev–Trinajstić information content (AvgIpc) is 3.46. The molecular weight excluding hydrogens is 386 g/mol. The number of nitrogens with one attached hydrogen (secondary N) is 1. The van der Waals surface area contributed by atoms with Crippen molar-refractivity contribution in [1.82, 2.24) is 5.32 Å². The number of hydrogen-bond acceptors (Lipinski definition) is 6. The summed E-state index contributed by atoms with van der Waals surface area (Å²) >= 11 is 0. The predicted molar refractivity (Wildman–Crippen MR) is 115 cm³/mol. The van der Waals surface area contributed by atoms with Crippen LogP contribution in [0, 0.1) is 17.8 Å². The van der Waals surface area contributed by atoms with Crippen LogP contribution in [0.1, 0.15) is 53.9 Å². The van der Waals surface area contributed by atoms with E-state index >= 15 is 0 Å². The highest BCUT2D eigenvalue weighted by atomic mass is 16.6. The number of hydrogen-bond donors (Lipinski definition) is 2. The Morgan fingerprint density at radius 1 is 1.30 bits per heavy atom. The summed E-state index contributed by atoms with van der Waals surface area (Å²) in [5.41, 5.74) is 0.901. The maximum Gasteiger partial charge on any atom is 0.407 e. The van der Waals surface area contributed by atoms with Crippen molar-refractivity contribution in [2.45, 2.75) is 83.8 Å². The van der Waals surface area contributed by atoms with Gasteiger partial charge in [-0.25, -0.2) is 4.79 Å². The van der Waals surface area contributed by atoms with Crippen molar-refractivity contribution in [2.75, 3.05) is 27.4 Å². The minimum Gasteiger partial charge on any atom is -0.443 e. The zero-order valence-electron chi connectivity index (χ0n) is 19.6. The highest BCUT2D eigenvalue weighted by Gasteiger charge is 2.61. The van der Waals surface area contributed by atoms with Gasteiger partial charge in [-0.2, -0.15) is 0 Å². The average molecular weight is 428 g/mol. The first-order valence-electron chi connectivity index (χ1n) is 11.1. The van der Waals surface area contributed by atoms with Gasteiger partial charge >= 0.3 is 6.09 Å². The minimum atomic E-state index is -0.511. The van der Waals surface area contributed by atoms with Crippen LogP contribution in [0.4, 0.5) is 4.79 Å². The van der Waals surface area contributed by atoms with Gasteiger partial charge in [0.2, 0.25) is 0 Å². The lowest BCUT2D eigenvalue weighted by molar-refractivity contribution is -0.127. The predicted octanol–water partition coefficient (Wildman–Crippen LogP) is 3.30. The van der Waals surface area contributed by atoms with E-state index in [-0.39, 0.29) is 41.6 Å². The number of allylic oxidation sites excluding steroid dienone is 1. The molecule has 0 aromatic heterocycles. The Hall–Kier alpha value is -1.15. The van der Waals surface area contributed by atoms with Crippen LogP contribution in [0.3, 0.4) is 0 Å². The monoisotopic (exact) mass is 427 g/mol. The summed E-state index contributed by atoms with van der Waals surface area (Å²) in [5, 5.41) is 13.7. The van der Waals surface area contributed by atoms with Crippen molar-refractivity contribution in [3.8, 4) is 0 Å². The number of aliphatic hydroxyl groups is 1. The van der Waals surface area contributed by atoms with E-state index in [1.165, 1.54) is 5.57 Å². The molecule has 1 saturated carbocycles. The summed E-state index contributed by atoms with van der Waals surface area (Å²) in [6.45, 7) is 11.2. The van der Waals surface area contributed by atoms with Crippen molar-refractivity contribution < 1.29 is 28.8 Å². The molecule has 2 fully saturated rings. The molecule has 7 heteroatoms. The number of carbonyl (C=O) groups is 1. The number of rotatable bonds is 10. The molecule has 0 radical (unpaired) electrons. The zero-order chi connectivity index (χ0) is 22.5. The molecule has 0 bridgehead atoms. The van der Waals surface area contributed by atoms with Crippen LogP contribution in [0.5, 0.6) is 0 Å². The van der Waals surface area contributed by atoms with Crippen molar-refractivity contribution in [3.63, 3.8) is 0 Å². The number of epoxide rings is 1. The Morgan fingerprint density at radius 3 is 2.47 bits per heavy atom. The molecule has 1 heterocycles. The van der Waals surface area contributed by atoms with Gasteiger partial charge in [0, 0.05) is 20.1 Å². The molecule has 1 saturated heterocycles. The molecule has 1 aliphatic carbocycles. The summed E-state index contributed by atoms with van der Waals surface area (Å²) in [5.74, 6) is 0.122. The van der Waals surface area contributed by atoms with Crippen LogP contribution in [-0.4, -0.2) is 68.6 Å². The van der Waals surface area contributed by atoms with Crippen molar-refractivity contribution in [3.05, 3.63) is 11.6 Å². The second-order valence-electron chi connectivity index (χ2n) is 9.46. The molecule has 1 amide bonds. The highest BCUT2D eigenvalue weighted by Crippen LogP contribution is 2.51. The third-order valence-electron chi connectivity index (χ3n) is 6.62.